The van der Waals surface area contributed by atoms with Gasteiger partial charge in [0.1, 0.15) is 0 Å². The van der Waals surface area contributed by atoms with E-state index in [0.717, 1.165) is 32.2 Å². The Bertz CT molecular complexity index is 317. The molecule has 17 heavy (non-hydrogen) atoms. The summed E-state index contributed by atoms with van der Waals surface area (Å²) in [6, 6.07) is 2.27. The standard InChI is InChI=1S/C13H23N3O/c1-12(10-16-9-5-8-15-16)14-11-13(17)6-3-2-4-7-13/h5,8-9,12,14,17H,2-4,6-7,10-11H2,1H3. The van der Waals surface area contributed by atoms with Gasteiger partial charge in [0.05, 0.1) is 12.1 Å². The molecule has 1 aromatic heterocycles. The van der Waals surface area contributed by atoms with Crippen LogP contribution in [0.2, 0.25) is 0 Å². The number of aliphatic hydroxyl groups is 1. The first-order valence-corrected chi connectivity index (χ1v) is 6.61. The van der Waals surface area contributed by atoms with Gasteiger partial charge in [-0.1, -0.05) is 19.3 Å². The summed E-state index contributed by atoms with van der Waals surface area (Å²) in [6.07, 6.45) is 9.22. The van der Waals surface area contributed by atoms with Crippen LogP contribution < -0.4 is 5.32 Å². The van der Waals surface area contributed by atoms with Gasteiger partial charge in [-0.05, 0) is 25.8 Å². The topological polar surface area (TPSA) is 50.1 Å². The van der Waals surface area contributed by atoms with Crippen molar-refractivity contribution < 1.29 is 5.11 Å². The van der Waals surface area contributed by atoms with E-state index in [1.54, 1.807) is 6.20 Å². The Hall–Kier alpha value is -0.870. The van der Waals surface area contributed by atoms with Gasteiger partial charge in [-0.25, -0.2) is 0 Å². The molecule has 0 bridgehead atoms. The summed E-state index contributed by atoms with van der Waals surface area (Å²) in [6.45, 7) is 3.69. The first-order valence-electron chi connectivity index (χ1n) is 6.61. The van der Waals surface area contributed by atoms with Crippen molar-refractivity contribution in [3.8, 4) is 0 Å². The van der Waals surface area contributed by atoms with Crippen molar-refractivity contribution in [2.75, 3.05) is 6.54 Å². The Morgan fingerprint density at radius 2 is 2.18 bits per heavy atom. The maximum absolute atomic E-state index is 10.4. The van der Waals surface area contributed by atoms with E-state index in [-0.39, 0.29) is 0 Å². The Morgan fingerprint density at radius 1 is 1.41 bits per heavy atom. The predicted molar refractivity (Wildman–Crippen MR) is 67.7 cm³/mol. The van der Waals surface area contributed by atoms with E-state index in [4.69, 9.17) is 0 Å². The molecule has 0 aliphatic heterocycles. The first kappa shape index (κ1) is 12.6. The second-order valence-corrected chi connectivity index (χ2v) is 5.30. The Labute approximate surface area is 103 Å². The van der Waals surface area contributed by atoms with Gasteiger partial charge in [-0.3, -0.25) is 4.68 Å². The van der Waals surface area contributed by atoms with Crippen LogP contribution in [0.5, 0.6) is 0 Å². The van der Waals surface area contributed by atoms with Gasteiger partial charge in [-0.2, -0.15) is 5.10 Å². The van der Waals surface area contributed by atoms with Gasteiger partial charge < -0.3 is 10.4 Å². The molecule has 4 heteroatoms. The predicted octanol–water partition coefficient (Wildman–Crippen LogP) is 1.56. The summed E-state index contributed by atoms with van der Waals surface area (Å²) in [7, 11) is 0. The summed E-state index contributed by atoms with van der Waals surface area (Å²) in [5.41, 5.74) is -0.476. The Morgan fingerprint density at radius 3 is 2.82 bits per heavy atom. The van der Waals surface area contributed by atoms with Crippen LogP contribution in [0, 0.1) is 0 Å². The van der Waals surface area contributed by atoms with Crippen molar-refractivity contribution in [2.24, 2.45) is 0 Å². The number of rotatable bonds is 5. The fraction of sp³-hybridized carbons (Fsp3) is 0.769. The van der Waals surface area contributed by atoms with Crippen LogP contribution in [0.25, 0.3) is 0 Å². The number of hydrogen-bond donors (Lipinski definition) is 2. The second-order valence-electron chi connectivity index (χ2n) is 5.30. The Balaban J connectivity index is 1.73. The monoisotopic (exact) mass is 237 g/mol. The molecule has 0 saturated heterocycles. The molecule has 2 rings (SSSR count). The highest BCUT2D eigenvalue weighted by Crippen LogP contribution is 2.27. The molecular formula is C13H23N3O. The van der Waals surface area contributed by atoms with Gasteiger partial charge in [0, 0.05) is 25.0 Å². The maximum Gasteiger partial charge on any atom is 0.0771 e. The molecule has 1 fully saturated rings. The zero-order chi connectivity index (χ0) is 12.1. The van der Waals surface area contributed by atoms with E-state index >= 15 is 0 Å². The zero-order valence-corrected chi connectivity index (χ0v) is 10.6. The SMILES string of the molecule is CC(Cn1cccn1)NCC1(O)CCCCC1. The number of hydrogen-bond acceptors (Lipinski definition) is 3. The molecule has 0 aromatic carbocycles. The molecule has 1 aliphatic rings. The van der Waals surface area contributed by atoms with Crippen molar-refractivity contribution in [3.05, 3.63) is 18.5 Å². The van der Waals surface area contributed by atoms with Gasteiger partial charge in [0.2, 0.25) is 0 Å². The number of aromatic nitrogens is 2. The molecule has 2 N–H and O–H groups in total. The lowest BCUT2D eigenvalue weighted by molar-refractivity contribution is 0.00259. The lowest BCUT2D eigenvalue weighted by atomic mass is 9.85. The van der Waals surface area contributed by atoms with E-state index in [1.165, 1.54) is 6.42 Å². The van der Waals surface area contributed by atoms with Crippen molar-refractivity contribution in [3.63, 3.8) is 0 Å². The third kappa shape index (κ3) is 3.82. The summed E-state index contributed by atoms with van der Waals surface area (Å²) < 4.78 is 1.92. The third-order valence-corrected chi connectivity index (χ3v) is 3.58. The number of nitrogens with one attached hydrogen (secondary N) is 1. The molecule has 0 radical (unpaired) electrons. The highest BCUT2D eigenvalue weighted by atomic mass is 16.3. The minimum atomic E-state index is -0.476. The third-order valence-electron chi connectivity index (χ3n) is 3.58. The largest absolute Gasteiger partial charge is 0.389 e. The molecule has 4 nitrogen and oxygen atoms in total. The van der Waals surface area contributed by atoms with E-state index in [0.29, 0.717) is 12.6 Å². The second kappa shape index (κ2) is 5.65. The van der Waals surface area contributed by atoms with Crippen molar-refractivity contribution >= 4 is 0 Å². The molecule has 1 heterocycles. The van der Waals surface area contributed by atoms with Gasteiger partial charge in [-0.15, -0.1) is 0 Å². The van der Waals surface area contributed by atoms with Gasteiger partial charge in [0.15, 0.2) is 0 Å². The zero-order valence-electron chi connectivity index (χ0n) is 10.6. The fourth-order valence-electron chi connectivity index (χ4n) is 2.50. The molecule has 1 unspecified atom stereocenters. The maximum atomic E-state index is 10.4. The van der Waals surface area contributed by atoms with Crippen LogP contribution in [-0.2, 0) is 6.54 Å². The Kier molecular flexibility index (Phi) is 4.18. The average Bonchev–Trinajstić information content (AvgIpc) is 2.80. The molecule has 1 aromatic rings. The summed E-state index contributed by atoms with van der Waals surface area (Å²) in [5, 5.41) is 18.0. The van der Waals surface area contributed by atoms with Crippen molar-refractivity contribution in [1.82, 2.24) is 15.1 Å². The smallest absolute Gasteiger partial charge is 0.0771 e. The van der Waals surface area contributed by atoms with Crippen LogP contribution in [0.1, 0.15) is 39.0 Å². The van der Waals surface area contributed by atoms with E-state index in [1.807, 2.05) is 16.9 Å². The molecule has 0 amide bonds. The average molecular weight is 237 g/mol. The van der Waals surface area contributed by atoms with Gasteiger partial charge in [0.25, 0.3) is 0 Å². The molecular weight excluding hydrogens is 214 g/mol. The normalized spacial score (nSPS) is 21.3. The minimum Gasteiger partial charge on any atom is -0.389 e. The first-order chi connectivity index (χ1) is 8.18. The van der Waals surface area contributed by atoms with E-state index in [9.17, 15) is 5.11 Å². The lowest BCUT2D eigenvalue weighted by Crippen LogP contribution is -2.46. The quantitative estimate of drug-likeness (QED) is 0.817. The minimum absolute atomic E-state index is 0.334. The highest BCUT2D eigenvalue weighted by Gasteiger charge is 2.28. The van der Waals surface area contributed by atoms with Crippen molar-refractivity contribution in [2.45, 2.75) is 57.2 Å². The van der Waals surface area contributed by atoms with E-state index < -0.39 is 5.60 Å². The molecule has 0 spiro atoms. The van der Waals surface area contributed by atoms with Crippen LogP contribution in [-0.4, -0.2) is 33.1 Å². The molecule has 96 valence electrons. The van der Waals surface area contributed by atoms with Crippen LogP contribution in [0.3, 0.4) is 0 Å². The highest BCUT2D eigenvalue weighted by molar-refractivity contribution is 4.85. The van der Waals surface area contributed by atoms with Crippen molar-refractivity contribution in [1.29, 1.82) is 0 Å². The molecule has 1 saturated carbocycles. The lowest BCUT2D eigenvalue weighted by Gasteiger charge is -2.33. The molecule has 1 atom stereocenters. The van der Waals surface area contributed by atoms with Crippen LogP contribution in [0.15, 0.2) is 18.5 Å². The fourth-order valence-corrected chi connectivity index (χ4v) is 2.50. The van der Waals surface area contributed by atoms with Gasteiger partial charge >= 0.3 is 0 Å². The summed E-state index contributed by atoms with van der Waals surface area (Å²) >= 11 is 0. The van der Waals surface area contributed by atoms with Crippen LogP contribution >= 0.6 is 0 Å². The molecule has 1 aliphatic carbocycles. The van der Waals surface area contributed by atoms with Crippen LogP contribution in [0.4, 0.5) is 0 Å². The summed E-state index contributed by atoms with van der Waals surface area (Å²) in [4.78, 5) is 0. The van der Waals surface area contributed by atoms with E-state index in [2.05, 4.69) is 17.3 Å². The summed E-state index contributed by atoms with van der Waals surface area (Å²) in [5.74, 6) is 0. The number of nitrogens with zero attached hydrogens (tertiary/aromatic N) is 2.